The van der Waals surface area contributed by atoms with Crippen molar-refractivity contribution in [3.8, 4) is 0 Å². The number of nitrogens with zero attached hydrogens (tertiary/aromatic N) is 1. The third kappa shape index (κ3) is 1.80. The number of rotatable bonds is 0. The number of benzene rings is 1. The number of pyridine rings is 1. The monoisotopic (exact) mass is 527 g/mol. The number of halogens is 1. The molecule has 0 aliphatic carbocycles. The molecule has 0 radical (unpaired) electrons. The molecule has 2 heterocycles. The number of hydrogen-bond donors (Lipinski definition) is 0. The SMILES string of the molecule is Cc1cn2c3c(cc(I)cc3c1=O)CO[C]2(C)[Re]. The Morgan fingerprint density at radius 2 is 2.22 bits per heavy atom. The Labute approximate surface area is 129 Å². The van der Waals surface area contributed by atoms with Crippen LogP contribution in [0.1, 0.15) is 18.1 Å². The van der Waals surface area contributed by atoms with E-state index in [1.54, 1.807) is 19.2 Å². The molecule has 94 valence electrons. The van der Waals surface area contributed by atoms with Crippen LogP contribution in [-0.2, 0) is 34.7 Å². The molecule has 0 saturated carbocycles. The summed E-state index contributed by atoms with van der Waals surface area (Å²) in [5.74, 6) is 0. The summed E-state index contributed by atoms with van der Waals surface area (Å²) >= 11 is 3.82. The van der Waals surface area contributed by atoms with E-state index in [0.29, 0.717) is 6.61 Å². The standard InChI is InChI=1S/C13H11INO2.Re/c1-7-5-15-8(2)17-6-9-3-10(14)4-11(12(9)15)13(7)16;/h3-5H,6H2,1-2H3;. The Hall–Kier alpha value is -0.218. The average molecular weight is 526 g/mol. The van der Waals surface area contributed by atoms with Gasteiger partial charge in [0, 0.05) is 0 Å². The molecule has 0 saturated heterocycles. The zero-order chi connectivity index (χ0) is 13.1. The normalized spacial score (nSPS) is 22.4. The molecule has 18 heavy (non-hydrogen) atoms. The van der Waals surface area contributed by atoms with Gasteiger partial charge in [0.05, 0.1) is 0 Å². The van der Waals surface area contributed by atoms with Crippen molar-refractivity contribution < 1.29 is 23.9 Å². The molecule has 0 N–H and O–H groups in total. The van der Waals surface area contributed by atoms with E-state index >= 15 is 0 Å². The topological polar surface area (TPSA) is 31.2 Å². The Morgan fingerprint density at radius 3 is 2.94 bits per heavy atom. The van der Waals surface area contributed by atoms with Crippen LogP contribution in [-0.4, -0.2) is 4.57 Å². The summed E-state index contributed by atoms with van der Waals surface area (Å²) in [5, 5.41) is 0.808. The second-order valence-corrected chi connectivity index (χ2v) is 8.40. The summed E-state index contributed by atoms with van der Waals surface area (Å²) in [5.41, 5.74) is 3.03. The number of aryl methyl sites for hydroxylation is 1. The summed E-state index contributed by atoms with van der Waals surface area (Å²) in [6.07, 6.45) is 1.92. The van der Waals surface area contributed by atoms with Crippen LogP contribution in [0.4, 0.5) is 0 Å². The summed E-state index contributed by atoms with van der Waals surface area (Å²) in [6.45, 7) is 4.48. The van der Waals surface area contributed by atoms with Gasteiger partial charge < -0.3 is 0 Å². The van der Waals surface area contributed by atoms with E-state index in [4.69, 9.17) is 4.74 Å². The van der Waals surface area contributed by atoms with E-state index in [1.165, 1.54) is 0 Å². The first kappa shape index (κ1) is 12.8. The van der Waals surface area contributed by atoms with Gasteiger partial charge in [0.2, 0.25) is 0 Å². The minimum atomic E-state index is -0.351. The summed E-state index contributed by atoms with van der Waals surface area (Å²) in [6, 6.07) is 4.06. The van der Waals surface area contributed by atoms with Gasteiger partial charge in [-0.1, -0.05) is 0 Å². The molecule has 0 bridgehead atoms. The maximum absolute atomic E-state index is 12.3. The van der Waals surface area contributed by atoms with E-state index in [9.17, 15) is 4.79 Å². The fourth-order valence-electron chi connectivity index (χ4n) is 2.35. The summed E-state index contributed by atoms with van der Waals surface area (Å²) in [4.78, 5) is 12.3. The Morgan fingerprint density at radius 1 is 1.50 bits per heavy atom. The van der Waals surface area contributed by atoms with Gasteiger partial charge in [-0.3, -0.25) is 0 Å². The zero-order valence-corrected chi connectivity index (χ0v) is 14.8. The van der Waals surface area contributed by atoms with Gasteiger partial charge >= 0.3 is 130 Å². The van der Waals surface area contributed by atoms with Gasteiger partial charge in [0.15, 0.2) is 0 Å². The van der Waals surface area contributed by atoms with Crippen molar-refractivity contribution in [3.63, 3.8) is 0 Å². The third-order valence-corrected chi connectivity index (χ3v) is 4.91. The second kappa shape index (κ2) is 4.14. The Balaban J connectivity index is 2.58. The van der Waals surface area contributed by atoms with E-state index in [-0.39, 0.29) is 9.63 Å². The number of aromatic nitrogens is 1. The predicted molar refractivity (Wildman–Crippen MR) is 74.1 cm³/mol. The fourth-order valence-corrected chi connectivity index (χ4v) is 3.71. The number of ether oxygens (including phenoxy) is 1. The molecule has 5 heteroatoms. The molecule has 0 fully saturated rings. The van der Waals surface area contributed by atoms with E-state index in [2.05, 4.69) is 33.2 Å². The Kier molecular flexibility index (Phi) is 2.94. The maximum atomic E-state index is 12.3. The predicted octanol–water partition coefficient (Wildman–Crippen LogP) is 2.62. The molecule has 3 nitrogen and oxygen atoms in total. The van der Waals surface area contributed by atoms with E-state index in [1.807, 2.05) is 26.1 Å². The van der Waals surface area contributed by atoms with Crippen molar-refractivity contribution in [1.29, 1.82) is 0 Å². The van der Waals surface area contributed by atoms with Gasteiger partial charge in [-0.15, -0.1) is 0 Å². The quantitative estimate of drug-likeness (QED) is 0.495. The first-order chi connectivity index (χ1) is 8.40. The van der Waals surface area contributed by atoms with Crippen LogP contribution in [0, 0.1) is 10.5 Å². The van der Waals surface area contributed by atoms with Crippen LogP contribution >= 0.6 is 22.6 Å². The van der Waals surface area contributed by atoms with Crippen molar-refractivity contribution in [2.75, 3.05) is 0 Å². The van der Waals surface area contributed by atoms with Crippen LogP contribution in [0.2, 0.25) is 0 Å². The molecule has 1 aliphatic rings. The molecule has 3 rings (SSSR count). The number of hydrogen-bond acceptors (Lipinski definition) is 2. The summed E-state index contributed by atoms with van der Waals surface area (Å²) < 4.78 is 8.75. The fraction of sp³-hybridized carbons (Fsp3) is 0.308. The molecule has 1 aliphatic heterocycles. The van der Waals surface area contributed by atoms with Crippen LogP contribution in [0.3, 0.4) is 0 Å². The van der Waals surface area contributed by atoms with Crippen LogP contribution in [0.5, 0.6) is 0 Å². The van der Waals surface area contributed by atoms with Crippen molar-refractivity contribution >= 4 is 33.5 Å². The van der Waals surface area contributed by atoms with Gasteiger partial charge in [0.1, 0.15) is 0 Å². The van der Waals surface area contributed by atoms with Crippen LogP contribution in [0.25, 0.3) is 10.9 Å². The van der Waals surface area contributed by atoms with E-state index in [0.717, 1.165) is 25.6 Å². The van der Waals surface area contributed by atoms with Gasteiger partial charge in [-0.05, 0) is 0 Å². The van der Waals surface area contributed by atoms with Gasteiger partial charge in [0.25, 0.3) is 0 Å². The molecular weight excluding hydrogens is 515 g/mol. The molecular formula is C13H11INO2Re. The van der Waals surface area contributed by atoms with E-state index < -0.39 is 0 Å². The van der Waals surface area contributed by atoms with Gasteiger partial charge in [-0.25, -0.2) is 0 Å². The minimum absolute atomic E-state index is 0.130. The van der Waals surface area contributed by atoms with Gasteiger partial charge in [-0.2, -0.15) is 0 Å². The molecule has 1 unspecified atom stereocenters. The first-order valence-electron chi connectivity index (χ1n) is 5.58. The van der Waals surface area contributed by atoms with Crippen molar-refractivity contribution in [2.24, 2.45) is 0 Å². The summed E-state index contributed by atoms with van der Waals surface area (Å²) in [7, 11) is 0. The van der Waals surface area contributed by atoms with Crippen LogP contribution in [0.15, 0.2) is 23.1 Å². The van der Waals surface area contributed by atoms with Crippen molar-refractivity contribution in [3.05, 3.63) is 43.2 Å². The van der Waals surface area contributed by atoms with Crippen LogP contribution < -0.4 is 5.43 Å². The first-order valence-corrected chi connectivity index (χ1v) is 8.01. The zero-order valence-electron chi connectivity index (χ0n) is 9.96. The average Bonchev–Trinajstić information content (AvgIpc) is 2.29. The molecule has 2 aromatic rings. The molecule has 1 aromatic carbocycles. The molecule has 1 atom stereocenters. The Bertz CT molecular complexity index is 721. The van der Waals surface area contributed by atoms with Crippen molar-refractivity contribution in [1.82, 2.24) is 4.57 Å². The third-order valence-electron chi connectivity index (χ3n) is 3.24. The molecule has 0 spiro atoms. The molecule has 1 aromatic heterocycles. The molecule has 0 amide bonds. The second-order valence-electron chi connectivity index (χ2n) is 4.63. The van der Waals surface area contributed by atoms with Crippen molar-refractivity contribution in [2.45, 2.75) is 24.7 Å².